The van der Waals surface area contributed by atoms with Crippen molar-refractivity contribution in [2.45, 2.75) is 25.3 Å². The van der Waals surface area contributed by atoms with E-state index in [4.69, 9.17) is 5.73 Å². The van der Waals surface area contributed by atoms with E-state index in [9.17, 15) is 13.6 Å². The van der Waals surface area contributed by atoms with Gasteiger partial charge in [0.05, 0.1) is 11.7 Å². The first-order chi connectivity index (χ1) is 10.1. The fraction of sp³-hybridized carbons (Fsp3) is 0.267. The Kier molecular flexibility index (Phi) is 3.63. The second-order valence-corrected chi connectivity index (χ2v) is 6.04. The highest BCUT2D eigenvalue weighted by Crippen LogP contribution is 2.33. The van der Waals surface area contributed by atoms with E-state index in [1.165, 1.54) is 4.88 Å². The topological polar surface area (TPSA) is 55.1 Å². The lowest BCUT2D eigenvalue weighted by Crippen LogP contribution is -2.31. The van der Waals surface area contributed by atoms with Crippen molar-refractivity contribution >= 4 is 22.9 Å². The lowest BCUT2D eigenvalue weighted by molar-refractivity contribution is 0.0924. The molecule has 1 aliphatic rings. The number of amides is 1. The molecule has 3 nitrogen and oxygen atoms in total. The lowest BCUT2D eigenvalue weighted by Gasteiger charge is -2.24. The summed E-state index contributed by atoms with van der Waals surface area (Å²) in [7, 11) is 0. The smallest absolute Gasteiger partial charge is 0.257 e. The fourth-order valence-electron chi connectivity index (χ4n) is 2.64. The van der Waals surface area contributed by atoms with Gasteiger partial charge in [0.2, 0.25) is 0 Å². The monoisotopic (exact) mass is 308 g/mol. The van der Waals surface area contributed by atoms with Crippen LogP contribution in [0.4, 0.5) is 14.5 Å². The third kappa shape index (κ3) is 2.51. The van der Waals surface area contributed by atoms with Crippen LogP contribution in [0.1, 0.15) is 39.7 Å². The van der Waals surface area contributed by atoms with Gasteiger partial charge < -0.3 is 11.1 Å². The molecular formula is C15H14F2N2OS. The van der Waals surface area contributed by atoms with E-state index in [2.05, 4.69) is 5.32 Å². The van der Waals surface area contributed by atoms with Crippen LogP contribution in [-0.2, 0) is 6.42 Å². The number of nitrogens with one attached hydrogen (secondary N) is 1. The Balaban J connectivity index is 1.88. The molecule has 0 aliphatic heterocycles. The van der Waals surface area contributed by atoms with Crippen molar-refractivity contribution in [2.24, 2.45) is 0 Å². The third-order valence-corrected chi connectivity index (χ3v) is 4.70. The molecule has 0 spiro atoms. The van der Waals surface area contributed by atoms with Crippen molar-refractivity contribution in [3.05, 3.63) is 51.2 Å². The van der Waals surface area contributed by atoms with Crippen LogP contribution in [0.25, 0.3) is 0 Å². The molecule has 0 saturated heterocycles. The van der Waals surface area contributed by atoms with Gasteiger partial charge in [-0.3, -0.25) is 4.79 Å². The highest BCUT2D eigenvalue weighted by atomic mass is 32.1. The second kappa shape index (κ2) is 5.44. The molecule has 110 valence electrons. The van der Waals surface area contributed by atoms with Gasteiger partial charge in [0.25, 0.3) is 5.91 Å². The van der Waals surface area contributed by atoms with Crippen molar-refractivity contribution in [3.8, 4) is 0 Å². The number of rotatable bonds is 2. The maximum absolute atomic E-state index is 13.9. The van der Waals surface area contributed by atoms with E-state index in [0.717, 1.165) is 37.0 Å². The normalized spacial score (nSPS) is 17.3. The van der Waals surface area contributed by atoms with E-state index in [1.54, 1.807) is 11.3 Å². The van der Waals surface area contributed by atoms with Gasteiger partial charge in [-0.25, -0.2) is 8.78 Å². The Bertz CT molecular complexity index is 699. The zero-order chi connectivity index (χ0) is 15.0. The van der Waals surface area contributed by atoms with Crippen molar-refractivity contribution in [3.63, 3.8) is 0 Å². The summed E-state index contributed by atoms with van der Waals surface area (Å²) in [5, 5.41) is 4.69. The summed E-state index contributed by atoms with van der Waals surface area (Å²) in [5.41, 5.74) is 5.60. The molecule has 0 fully saturated rings. The SMILES string of the molecule is Nc1ccc(F)c(C(=O)NC2CCCc3sccc32)c1F. The van der Waals surface area contributed by atoms with Gasteiger partial charge in [0, 0.05) is 4.88 Å². The van der Waals surface area contributed by atoms with E-state index < -0.39 is 23.1 Å². The number of fused-ring (bicyclic) bond motifs is 1. The Labute approximate surface area is 124 Å². The van der Waals surface area contributed by atoms with Gasteiger partial charge >= 0.3 is 0 Å². The lowest BCUT2D eigenvalue weighted by atomic mass is 9.93. The molecule has 1 unspecified atom stereocenters. The number of hydrogen-bond donors (Lipinski definition) is 2. The molecule has 1 amide bonds. The van der Waals surface area contributed by atoms with Gasteiger partial charge in [-0.2, -0.15) is 0 Å². The number of nitrogen functional groups attached to an aromatic ring is 1. The molecule has 1 aromatic carbocycles. The Morgan fingerprint density at radius 1 is 1.33 bits per heavy atom. The highest BCUT2D eigenvalue weighted by molar-refractivity contribution is 7.10. The maximum Gasteiger partial charge on any atom is 0.257 e. The molecule has 0 bridgehead atoms. The molecule has 3 N–H and O–H groups in total. The third-order valence-electron chi connectivity index (χ3n) is 3.71. The van der Waals surface area contributed by atoms with Gasteiger partial charge in [-0.15, -0.1) is 11.3 Å². The van der Waals surface area contributed by atoms with Crippen molar-refractivity contribution < 1.29 is 13.6 Å². The molecule has 3 rings (SSSR count). The molecule has 1 aliphatic carbocycles. The predicted octanol–water partition coefficient (Wildman–Crippen LogP) is 3.42. The van der Waals surface area contributed by atoms with Gasteiger partial charge in [0.1, 0.15) is 11.4 Å². The standard InChI is InChI=1S/C15H14F2N2OS/c16-9-4-5-10(18)14(17)13(9)15(20)19-11-2-1-3-12-8(11)6-7-21-12/h4-7,11H,1-3,18H2,(H,19,20). The number of carbonyl (C=O) groups excluding carboxylic acids is 1. The number of carbonyl (C=O) groups is 1. The zero-order valence-corrected chi connectivity index (χ0v) is 12.0. The largest absolute Gasteiger partial charge is 0.396 e. The fourth-order valence-corrected chi connectivity index (χ4v) is 3.63. The van der Waals surface area contributed by atoms with Crippen molar-refractivity contribution in [1.82, 2.24) is 5.32 Å². The summed E-state index contributed by atoms with van der Waals surface area (Å²) in [6.45, 7) is 0. The van der Waals surface area contributed by atoms with E-state index in [1.807, 2.05) is 11.4 Å². The maximum atomic E-state index is 13.9. The number of thiophene rings is 1. The molecule has 1 heterocycles. The van der Waals surface area contributed by atoms with E-state index in [-0.39, 0.29) is 11.7 Å². The van der Waals surface area contributed by atoms with E-state index in [0.29, 0.717) is 0 Å². The molecule has 21 heavy (non-hydrogen) atoms. The molecule has 0 saturated carbocycles. The Hall–Kier alpha value is -1.95. The minimum atomic E-state index is -1.01. The number of anilines is 1. The minimum absolute atomic E-state index is 0.201. The zero-order valence-electron chi connectivity index (χ0n) is 11.2. The van der Waals surface area contributed by atoms with E-state index >= 15 is 0 Å². The Morgan fingerprint density at radius 2 is 2.14 bits per heavy atom. The average Bonchev–Trinajstić information content (AvgIpc) is 2.93. The van der Waals surface area contributed by atoms with Crippen LogP contribution in [-0.4, -0.2) is 5.91 Å². The summed E-state index contributed by atoms with van der Waals surface area (Å²) in [6, 6.07) is 3.87. The van der Waals surface area contributed by atoms with Crippen LogP contribution in [0, 0.1) is 11.6 Å². The number of nitrogens with two attached hydrogens (primary N) is 1. The first-order valence-corrected chi connectivity index (χ1v) is 7.56. The molecule has 6 heteroatoms. The summed E-state index contributed by atoms with van der Waals surface area (Å²) in [4.78, 5) is 13.4. The Morgan fingerprint density at radius 3 is 2.95 bits per heavy atom. The predicted molar refractivity (Wildman–Crippen MR) is 78.2 cm³/mol. The quantitative estimate of drug-likeness (QED) is 0.835. The summed E-state index contributed by atoms with van der Waals surface area (Å²) >= 11 is 1.64. The van der Waals surface area contributed by atoms with Crippen molar-refractivity contribution in [1.29, 1.82) is 0 Å². The summed E-state index contributed by atoms with van der Waals surface area (Å²) < 4.78 is 27.6. The molecular weight excluding hydrogens is 294 g/mol. The number of benzene rings is 1. The highest BCUT2D eigenvalue weighted by Gasteiger charge is 2.26. The van der Waals surface area contributed by atoms with Gasteiger partial charge in [0.15, 0.2) is 5.82 Å². The van der Waals surface area contributed by atoms with Crippen LogP contribution >= 0.6 is 11.3 Å². The molecule has 0 radical (unpaired) electrons. The first-order valence-electron chi connectivity index (χ1n) is 6.68. The van der Waals surface area contributed by atoms with Gasteiger partial charge in [-0.1, -0.05) is 0 Å². The van der Waals surface area contributed by atoms with Crippen LogP contribution in [0.15, 0.2) is 23.6 Å². The molecule has 1 atom stereocenters. The van der Waals surface area contributed by atoms with Crippen LogP contribution in [0.2, 0.25) is 0 Å². The number of aryl methyl sites for hydroxylation is 1. The molecule has 2 aromatic rings. The second-order valence-electron chi connectivity index (χ2n) is 5.04. The first kappa shape index (κ1) is 14.0. The minimum Gasteiger partial charge on any atom is -0.396 e. The van der Waals surface area contributed by atoms with Crippen LogP contribution < -0.4 is 11.1 Å². The molecule has 1 aromatic heterocycles. The summed E-state index contributed by atoms with van der Waals surface area (Å²) in [5.74, 6) is -2.67. The number of hydrogen-bond acceptors (Lipinski definition) is 3. The van der Waals surface area contributed by atoms with Crippen molar-refractivity contribution in [2.75, 3.05) is 5.73 Å². The van der Waals surface area contributed by atoms with Gasteiger partial charge in [-0.05, 0) is 48.4 Å². The van der Waals surface area contributed by atoms with Crippen LogP contribution in [0.5, 0.6) is 0 Å². The average molecular weight is 308 g/mol. The summed E-state index contributed by atoms with van der Waals surface area (Å²) in [6.07, 6.45) is 2.70. The van der Waals surface area contributed by atoms with Crippen LogP contribution in [0.3, 0.4) is 0 Å². The number of halogens is 2.